The van der Waals surface area contributed by atoms with E-state index in [1.54, 1.807) is 0 Å². The summed E-state index contributed by atoms with van der Waals surface area (Å²) in [4.78, 5) is 22.8. The minimum atomic E-state index is -0.750. The van der Waals surface area contributed by atoms with Gasteiger partial charge in [0.05, 0.1) is 0 Å². The van der Waals surface area contributed by atoms with E-state index in [0.717, 1.165) is 38.5 Å². The summed E-state index contributed by atoms with van der Waals surface area (Å²) < 4.78 is 0. The Morgan fingerprint density at radius 2 is 2.07 bits per heavy atom. The van der Waals surface area contributed by atoms with E-state index in [2.05, 4.69) is 0 Å². The Morgan fingerprint density at radius 3 is 2.73 bits per heavy atom. The maximum atomic E-state index is 12.0. The average molecular weight is 210 g/mol. The first-order valence-corrected chi connectivity index (χ1v) is 5.90. The molecule has 2 aliphatic rings. The standard InChI is InChI=1S/C12H18O3/c13-10-5-1-2-6-12(10)7-3-4-9(12)8-11(14)15/h9H,1-8H2,(H,14,15)/t9-,12-/m1/s1. The molecule has 2 fully saturated rings. The van der Waals surface area contributed by atoms with E-state index in [9.17, 15) is 9.59 Å². The molecule has 0 aromatic carbocycles. The SMILES string of the molecule is O=C(O)C[C@H]1CCC[C@]12CCCCC2=O. The summed E-state index contributed by atoms with van der Waals surface area (Å²) in [6.07, 6.45) is 6.79. The second-order valence-electron chi connectivity index (χ2n) is 4.97. The lowest BCUT2D eigenvalue weighted by molar-refractivity contribution is -0.141. The number of Topliss-reactive ketones (excluding diaryl/α,β-unsaturated/α-hetero) is 1. The molecule has 0 heterocycles. The second-order valence-corrected chi connectivity index (χ2v) is 4.97. The fraction of sp³-hybridized carbons (Fsp3) is 0.833. The largest absolute Gasteiger partial charge is 0.481 e. The second kappa shape index (κ2) is 3.95. The minimum absolute atomic E-state index is 0.114. The predicted octanol–water partition coefficient (Wildman–Crippen LogP) is 2.39. The van der Waals surface area contributed by atoms with Crippen LogP contribution in [0.5, 0.6) is 0 Å². The molecule has 0 aromatic heterocycles. The van der Waals surface area contributed by atoms with E-state index in [-0.39, 0.29) is 17.8 Å². The Bertz CT molecular complexity index is 285. The van der Waals surface area contributed by atoms with Crippen molar-refractivity contribution in [1.82, 2.24) is 0 Å². The van der Waals surface area contributed by atoms with Crippen molar-refractivity contribution in [3.05, 3.63) is 0 Å². The molecule has 0 unspecified atom stereocenters. The molecule has 1 N–H and O–H groups in total. The lowest BCUT2D eigenvalue weighted by Crippen LogP contribution is -2.38. The van der Waals surface area contributed by atoms with E-state index < -0.39 is 5.97 Å². The zero-order valence-corrected chi connectivity index (χ0v) is 9.00. The van der Waals surface area contributed by atoms with Crippen molar-refractivity contribution in [3.63, 3.8) is 0 Å². The van der Waals surface area contributed by atoms with Crippen LogP contribution in [0.15, 0.2) is 0 Å². The van der Waals surface area contributed by atoms with Gasteiger partial charge in [-0.2, -0.15) is 0 Å². The summed E-state index contributed by atoms with van der Waals surface area (Å²) in [5.74, 6) is -0.292. The van der Waals surface area contributed by atoms with Crippen LogP contribution in [0.1, 0.15) is 51.4 Å². The number of carboxylic acid groups (broad SMARTS) is 1. The predicted molar refractivity (Wildman–Crippen MR) is 55.5 cm³/mol. The van der Waals surface area contributed by atoms with Gasteiger partial charge in [-0.3, -0.25) is 9.59 Å². The van der Waals surface area contributed by atoms with E-state index in [4.69, 9.17) is 5.11 Å². The summed E-state index contributed by atoms with van der Waals surface area (Å²) >= 11 is 0. The molecule has 0 amide bonds. The van der Waals surface area contributed by atoms with Crippen molar-refractivity contribution in [2.24, 2.45) is 11.3 Å². The van der Waals surface area contributed by atoms with Crippen molar-refractivity contribution in [2.75, 3.05) is 0 Å². The number of rotatable bonds is 2. The van der Waals surface area contributed by atoms with E-state index in [1.807, 2.05) is 0 Å². The molecule has 0 bridgehead atoms. The smallest absolute Gasteiger partial charge is 0.303 e. The first kappa shape index (κ1) is 10.7. The normalized spacial score (nSPS) is 36.0. The molecule has 2 atom stereocenters. The fourth-order valence-electron chi connectivity index (χ4n) is 3.46. The summed E-state index contributed by atoms with van der Waals surface area (Å²) in [7, 11) is 0. The van der Waals surface area contributed by atoms with E-state index >= 15 is 0 Å². The molecule has 15 heavy (non-hydrogen) atoms. The summed E-state index contributed by atoms with van der Waals surface area (Å²) in [5, 5.41) is 8.86. The zero-order chi connectivity index (χ0) is 10.9. The van der Waals surface area contributed by atoms with Crippen molar-refractivity contribution < 1.29 is 14.7 Å². The van der Waals surface area contributed by atoms with Crippen LogP contribution in [0.25, 0.3) is 0 Å². The molecule has 0 aromatic rings. The quantitative estimate of drug-likeness (QED) is 0.761. The van der Waals surface area contributed by atoms with Crippen molar-refractivity contribution in [1.29, 1.82) is 0 Å². The number of aliphatic carboxylic acids is 1. The number of carbonyl (C=O) groups is 2. The van der Waals surface area contributed by atoms with Gasteiger partial charge in [0.2, 0.25) is 0 Å². The van der Waals surface area contributed by atoms with E-state index in [0.29, 0.717) is 12.2 Å². The highest BCUT2D eigenvalue weighted by molar-refractivity contribution is 5.86. The Balaban J connectivity index is 2.16. The van der Waals surface area contributed by atoms with Gasteiger partial charge in [0.25, 0.3) is 0 Å². The van der Waals surface area contributed by atoms with Gasteiger partial charge in [-0.05, 0) is 31.6 Å². The van der Waals surface area contributed by atoms with Crippen molar-refractivity contribution in [3.8, 4) is 0 Å². The summed E-state index contributed by atoms with van der Waals surface area (Å²) in [6, 6.07) is 0. The van der Waals surface area contributed by atoms with Crippen LogP contribution >= 0.6 is 0 Å². The Labute approximate surface area is 89.9 Å². The molecule has 0 aliphatic heterocycles. The van der Waals surface area contributed by atoms with Crippen LogP contribution in [-0.4, -0.2) is 16.9 Å². The van der Waals surface area contributed by atoms with Gasteiger partial charge in [-0.1, -0.05) is 12.8 Å². The first-order valence-electron chi connectivity index (χ1n) is 5.90. The third-order valence-electron chi connectivity index (χ3n) is 4.21. The summed E-state index contributed by atoms with van der Waals surface area (Å²) in [5.41, 5.74) is -0.239. The average Bonchev–Trinajstić information content (AvgIpc) is 2.55. The van der Waals surface area contributed by atoms with Crippen LogP contribution in [0.4, 0.5) is 0 Å². The summed E-state index contributed by atoms with van der Waals surface area (Å²) in [6.45, 7) is 0. The Kier molecular flexibility index (Phi) is 2.81. The van der Waals surface area contributed by atoms with Crippen LogP contribution < -0.4 is 0 Å². The third kappa shape index (κ3) is 1.80. The molecule has 0 radical (unpaired) electrons. The number of ketones is 1. The minimum Gasteiger partial charge on any atom is -0.481 e. The maximum absolute atomic E-state index is 12.0. The molecule has 0 saturated heterocycles. The number of carbonyl (C=O) groups excluding carboxylic acids is 1. The fourth-order valence-corrected chi connectivity index (χ4v) is 3.46. The molecular formula is C12H18O3. The van der Waals surface area contributed by atoms with Crippen LogP contribution in [0, 0.1) is 11.3 Å². The molecule has 3 nitrogen and oxygen atoms in total. The van der Waals surface area contributed by atoms with Crippen LogP contribution in [-0.2, 0) is 9.59 Å². The zero-order valence-electron chi connectivity index (χ0n) is 9.00. The Hall–Kier alpha value is -0.860. The highest BCUT2D eigenvalue weighted by Gasteiger charge is 2.49. The Morgan fingerprint density at radius 1 is 1.33 bits per heavy atom. The molecule has 1 spiro atoms. The van der Waals surface area contributed by atoms with Crippen LogP contribution in [0.3, 0.4) is 0 Å². The first-order chi connectivity index (χ1) is 7.15. The van der Waals surface area contributed by atoms with Crippen molar-refractivity contribution >= 4 is 11.8 Å². The molecular weight excluding hydrogens is 192 g/mol. The van der Waals surface area contributed by atoms with E-state index in [1.165, 1.54) is 0 Å². The van der Waals surface area contributed by atoms with Gasteiger partial charge >= 0.3 is 5.97 Å². The number of hydrogen-bond acceptors (Lipinski definition) is 2. The lowest BCUT2D eigenvalue weighted by atomic mass is 9.66. The van der Waals surface area contributed by atoms with Crippen LogP contribution in [0.2, 0.25) is 0 Å². The molecule has 2 saturated carbocycles. The van der Waals surface area contributed by atoms with Gasteiger partial charge in [-0.25, -0.2) is 0 Å². The highest BCUT2D eigenvalue weighted by Crippen LogP contribution is 2.52. The number of hydrogen-bond donors (Lipinski definition) is 1. The molecule has 3 heteroatoms. The topological polar surface area (TPSA) is 54.4 Å². The monoisotopic (exact) mass is 210 g/mol. The van der Waals surface area contributed by atoms with Gasteiger partial charge in [0.1, 0.15) is 5.78 Å². The third-order valence-corrected chi connectivity index (χ3v) is 4.21. The van der Waals surface area contributed by atoms with Gasteiger partial charge in [0, 0.05) is 18.3 Å². The maximum Gasteiger partial charge on any atom is 0.303 e. The molecule has 2 aliphatic carbocycles. The van der Waals surface area contributed by atoms with Gasteiger partial charge in [0.15, 0.2) is 0 Å². The van der Waals surface area contributed by atoms with Gasteiger partial charge in [-0.15, -0.1) is 0 Å². The molecule has 84 valence electrons. The van der Waals surface area contributed by atoms with Gasteiger partial charge < -0.3 is 5.11 Å². The highest BCUT2D eigenvalue weighted by atomic mass is 16.4. The molecule has 2 rings (SSSR count). The van der Waals surface area contributed by atoms with Crippen molar-refractivity contribution in [2.45, 2.75) is 51.4 Å². The number of carboxylic acids is 1. The lowest BCUT2D eigenvalue weighted by Gasteiger charge is -2.36.